The van der Waals surface area contributed by atoms with Crippen LogP contribution in [-0.2, 0) is 75.4 Å². The van der Waals surface area contributed by atoms with Crippen LogP contribution in [0.3, 0.4) is 0 Å². The van der Waals surface area contributed by atoms with Gasteiger partial charge in [-0.25, -0.2) is 29.3 Å². The van der Waals surface area contributed by atoms with Crippen LogP contribution in [0.25, 0.3) is 33.1 Å². The summed E-state index contributed by atoms with van der Waals surface area (Å²) in [5, 5.41) is 21.2. The first-order chi connectivity index (χ1) is 51.3. The standard InChI is InChI=1S/C30H38N4O4.C27H32N4O2.C25H32N6O4/c1-18(2)38-24-13-21(16-31-17-24)14-28-32-29-25-10-9-19(3)33(30(36)37-5)26(25)11-12-27(29)34(28)23-8-6-7-22(15-23)20(4)35;1-17-8-10-20-22(30(17)27(32)33-2)12-13-24-26(20)29-25(14-18-6-4-3-5-7-18)31(24)23-11-9-19-15-28-16-21(19)23;1-17-5-6-18-19(31(17)24(33)35-2)7-8-20-23(18)28-21(9-14-29-13-4-12-27-29)30(20)15-22(32)26-16-25(34)10-3-11-25/h11-13,16-19,22-23H,6-10,14-15H2,1-5H3;3-7,12-13,17,19,21,23,28H,8-11,14-16H2,1-2H3;4,7-8,12-13,17,34H,3,5-6,9-11,14-16H2,1-2H3,(H,26,32)/t19-,22+,23+;17-,19-,21+,23-;17-/m000/s1. The van der Waals surface area contributed by atoms with Gasteiger partial charge in [0.15, 0.2) is 0 Å². The Labute approximate surface area is 619 Å². The van der Waals surface area contributed by atoms with Crippen LogP contribution in [0.2, 0.25) is 0 Å². The van der Waals surface area contributed by atoms with Gasteiger partial charge in [0.25, 0.3) is 0 Å². The fraction of sp³-hybridized carbons (Fsp3) is 0.512. The molecule has 3 N–H and O–H groups in total. The molecule has 560 valence electrons. The van der Waals surface area contributed by atoms with E-state index in [0.29, 0.717) is 31.3 Å². The maximum atomic E-state index is 12.9. The number of amides is 4. The predicted octanol–water partition coefficient (Wildman–Crippen LogP) is 13.2. The van der Waals surface area contributed by atoms with Crippen LogP contribution in [0.15, 0.2) is 104 Å². The van der Waals surface area contributed by atoms with Gasteiger partial charge in [-0.1, -0.05) is 36.8 Å². The molecule has 3 aliphatic carbocycles. The molecule has 3 saturated carbocycles. The average Bonchev–Trinajstić information content (AvgIpc) is 1.58. The number of anilines is 3. The maximum Gasteiger partial charge on any atom is 0.414 e. The third kappa shape index (κ3) is 14.8. The van der Waals surface area contributed by atoms with Crippen molar-refractivity contribution in [1.29, 1.82) is 0 Å². The molecule has 106 heavy (non-hydrogen) atoms. The first-order valence-electron chi connectivity index (χ1n) is 38.3. The van der Waals surface area contributed by atoms with E-state index >= 15 is 0 Å². The van der Waals surface area contributed by atoms with Gasteiger partial charge in [0.05, 0.1) is 89.4 Å². The minimum atomic E-state index is -0.775. The van der Waals surface area contributed by atoms with Crippen molar-refractivity contribution in [3.8, 4) is 5.75 Å². The second-order valence-electron chi connectivity index (χ2n) is 30.6. The summed E-state index contributed by atoms with van der Waals surface area (Å²) in [5.74, 6) is 5.25. The van der Waals surface area contributed by atoms with Crippen LogP contribution in [-0.4, -0.2) is 149 Å². The fourth-order valence-electron chi connectivity index (χ4n) is 17.8. The Bertz CT molecular complexity index is 4690. The molecule has 4 aromatic carbocycles. The number of hydrogen-bond donors (Lipinski definition) is 3. The molecule has 4 aliphatic heterocycles. The smallest absolute Gasteiger partial charge is 0.414 e. The van der Waals surface area contributed by atoms with Gasteiger partial charge in [-0.05, 0) is 209 Å². The van der Waals surface area contributed by atoms with Crippen molar-refractivity contribution in [1.82, 2.24) is 54.1 Å². The van der Waals surface area contributed by atoms with Crippen LogP contribution in [0, 0.1) is 17.8 Å². The van der Waals surface area contributed by atoms with Gasteiger partial charge < -0.3 is 48.4 Å². The highest BCUT2D eigenvalue weighted by molar-refractivity contribution is 5.98. The summed E-state index contributed by atoms with van der Waals surface area (Å²) >= 11 is 0. The molecule has 16 rings (SSSR count). The van der Waals surface area contributed by atoms with Crippen molar-refractivity contribution in [2.75, 3.05) is 55.7 Å². The Hall–Kier alpha value is -9.68. The normalized spacial score (nSPS) is 22.1. The summed E-state index contributed by atoms with van der Waals surface area (Å²) in [6.45, 7) is 15.1. The monoisotopic (exact) mass is 1440 g/mol. The van der Waals surface area contributed by atoms with E-state index in [4.69, 9.17) is 33.9 Å². The molecule has 5 aromatic heterocycles. The summed E-state index contributed by atoms with van der Waals surface area (Å²) in [6, 6.07) is 27.7. The van der Waals surface area contributed by atoms with Crippen molar-refractivity contribution in [2.24, 2.45) is 17.8 Å². The Balaban J connectivity index is 0.000000134. The highest BCUT2D eigenvalue weighted by atomic mass is 16.6. The van der Waals surface area contributed by atoms with E-state index in [1.807, 2.05) is 72.7 Å². The molecule has 4 amide bonds. The number of ketones is 1. The molecule has 1 saturated heterocycles. The number of hydrogen-bond acceptors (Lipinski definition) is 16. The van der Waals surface area contributed by atoms with Crippen LogP contribution >= 0.6 is 0 Å². The zero-order chi connectivity index (χ0) is 74.1. The molecule has 0 unspecified atom stereocenters. The van der Waals surface area contributed by atoms with Gasteiger partial charge in [-0.15, -0.1) is 0 Å². The highest BCUT2D eigenvalue weighted by Crippen LogP contribution is 2.47. The molecule has 8 atom stereocenters. The number of fused-ring (bicyclic) bond motifs is 10. The SMILES string of the molecule is COC(=O)N1c2ccc3c(nc(CCn4cccn4)n3CC(=O)NCC3(O)CCC3)c2CC[C@@H]1C.COC(=O)N1c2ccc3c(nc(Cc4ccccc4)n3[C@H]3CC[C@H]4CNC[C@H]43)c2CC[C@@H]1C.COC(=O)N1c2ccc3c(nc(Cc4cncc(OC(C)C)c4)n3[C@@H]3CCC[C@@H](C(C)=O)C3)c2CC[C@@H]1C. The average molecular weight is 1440 g/mol. The molecular weight excluding hydrogens is 1340 g/mol. The second-order valence-corrected chi connectivity index (χ2v) is 30.6. The van der Waals surface area contributed by atoms with Gasteiger partial charge >= 0.3 is 18.3 Å². The zero-order valence-electron chi connectivity index (χ0n) is 62.8. The number of aromatic nitrogens is 9. The quantitative estimate of drug-likeness (QED) is 0.0760. The number of nitrogens with zero attached hydrogens (tertiary/aromatic N) is 12. The van der Waals surface area contributed by atoms with Crippen molar-refractivity contribution in [3.63, 3.8) is 0 Å². The number of aryl methyl sites for hydroxylation is 5. The molecule has 24 heteroatoms. The lowest BCUT2D eigenvalue weighted by Gasteiger charge is -2.36. The zero-order valence-corrected chi connectivity index (χ0v) is 62.8. The molecule has 9 aromatic rings. The third-order valence-corrected chi connectivity index (χ3v) is 23.4. The highest BCUT2D eigenvalue weighted by Gasteiger charge is 2.43. The molecular formula is C82H102N14O10. The van der Waals surface area contributed by atoms with Crippen LogP contribution in [0.4, 0.5) is 31.4 Å². The summed E-state index contributed by atoms with van der Waals surface area (Å²) in [4.78, 5) is 88.1. The van der Waals surface area contributed by atoms with Crippen molar-refractivity contribution in [2.45, 2.75) is 212 Å². The second kappa shape index (κ2) is 31.4. The molecule has 7 aliphatic rings. The van der Waals surface area contributed by atoms with Crippen LogP contribution < -0.4 is 30.1 Å². The molecule has 24 nitrogen and oxygen atoms in total. The van der Waals surface area contributed by atoms with E-state index in [9.17, 15) is 29.1 Å². The number of rotatable bonds is 16. The van der Waals surface area contributed by atoms with Crippen LogP contribution in [0.1, 0.15) is 176 Å². The van der Waals surface area contributed by atoms with Crippen molar-refractivity contribution in [3.05, 3.63) is 149 Å². The molecule has 9 heterocycles. The minimum absolute atomic E-state index is 0.0249. The van der Waals surface area contributed by atoms with E-state index < -0.39 is 5.60 Å². The van der Waals surface area contributed by atoms with Gasteiger partial charge in [0.1, 0.15) is 35.6 Å². The van der Waals surface area contributed by atoms with E-state index in [2.05, 4.69) is 92.2 Å². The van der Waals surface area contributed by atoms with Crippen LogP contribution in [0.5, 0.6) is 5.75 Å². The summed E-state index contributed by atoms with van der Waals surface area (Å²) in [7, 11) is 4.28. The molecule has 4 fully saturated rings. The number of carbonyl (C=O) groups is 5. The van der Waals surface area contributed by atoms with Crippen molar-refractivity contribution >= 4 is 80.1 Å². The molecule has 0 bridgehead atoms. The lowest BCUT2D eigenvalue weighted by atomic mass is 9.80. The Morgan fingerprint density at radius 1 is 0.642 bits per heavy atom. The van der Waals surface area contributed by atoms with E-state index in [0.717, 1.165) is 193 Å². The number of Topliss-reactive ketones (excluding diaryl/α,β-unsaturated/α-hetero) is 1. The Morgan fingerprint density at radius 3 is 1.78 bits per heavy atom. The van der Waals surface area contributed by atoms with Gasteiger partial charge in [-0.3, -0.25) is 34.0 Å². The predicted molar refractivity (Wildman–Crippen MR) is 407 cm³/mol. The molecule has 0 spiro atoms. The number of methoxy groups -OCH3 is 3. The third-order valence-electron chi connectivity index (χ3n) is 23.4. The summed E-state index contributed by atoms with van der Waals surface area (Å²) in [6.07, 6.45) is 22.2. The Kier molecular flexibility index (Phi) is 21.7. The number of imidazole rings is 3. The fourth-order valence-corrected chi connectivity index (χ4v) is 17.8. The Morgan fingerprint density at radius 2 is 1.22 bits per heavy atom. The number of nitrogens with one attached hydrogen (secondary N) is 2. The summed E-state index contributed by atoms with van der Waals surface area (Å²) in [5.41, 5.74) is 13.4. The number of aliphatic hydroxyl groups is 1. The first kappa shape index (κ1) is 73.2. The first-order valence-corrected chi connectivity index (χ1v) is 38.3. The van der Waals surface area contributed by atoms with Gasteiger partial charge in [-0.2, -0.15) is 5.10 Å². The van der Waals surface area contributed by atoms with E-state index in [1.165, 1.54) is 50.8 Å². The summed E-state index contributed by atoms with van der Waals surface area (Å²) < 4.78 is 29.9. The topological polar surface area (TPSA) is 260 Å². The lowest BCUT2D eigenvalue weighted by Crippen LogP contribution is -2.48. The van der Waals surface area contributed by atoms with E-state index in [-0.39, 0.29) is 79.2 Å². The molecule has 0 radical (unpaired) electrons. The van der Waals surface area contributed by atoms with Gasteiger partial charge in [0.2, 0.25) is 5.91 Å². The number of carbonyl (C=O) groups excluding carboxylic acids is 5. The minimum Gasteiger partial charge on any atom is -0.489 e. The van der Waals surface area contributed by atoms with Gasteiger partial charge in [0, 0.05) is 110 Å². The van der Waals surface area contributed by atoms with E-state index in [1.54, 1.807) is 34.0 Å². The number of benzene rings is 4. The largest absolute Gasteiger partial charge is 0.489 e. The van der Waals surface area contributed by atoms with Crippen molar-refractivity contribution < 1.29 is 48.0 Å². The number of pyridine rings is 1. The number of ether oxygens (including phenoxy) is 4. The lowest BCUT2D eigenvalue weighted by molar-refractivity contribution is -0.124. The maximum absolute atomic E-state index is 12.9.